The lowest BCUT2D eigenvalue weighted by molar-refractivity contribution is 0.426. The third-order valence-electron chi connectivity index (χ3n) is 5.62. The predicted molar refractivity (Wildman–Crippen MR) is 118 cm³/mol. The molecule has 2 N–H and O–H groups in total. The van der Waals surface area contributed by atoms with Gasteiger partial charge in [0, 0.05) is 21.5 Å². The Balaban J connectivity index is 1.78. The van der Waals surface area contributed by atoms with Crippen LogP contribution < -0.4 is 5.46 Å². The van der Waals surface area contributed by atoms with Crippen molar-refractivity contribution >= 4 is 56.3 Å². The second kappa shape index (κ2) is 5.98. The van der Waals surface area contributed by atoms with E-state index in [-0.39, 0.29) is 0 Å². The highest BCUT2D eigenvalue weighted by atomic mass is 16.4. The molecule has 0 aliphatic heterocycles. The summed E-state index contributed by atoms with van der Waals surface area (Å²) >= 11 is 0. The van der Waals surface area contributed by atoms with E-state index >= 15 is 0 Å². The highest BCUT2D eigenvalue weighted by Gasteiger charge is 2.19. The summed E-state index contributed by atoms with van der Waals surface area (Å²) in [6.45, 7) is 0. The Labute approximate surface area is 166 Å². The molecule has 29 heavy (non-hydrogen) atoms. The molecule has 4 nitrogen and oxygen atoms in total. The van der Waals surface area contributed by atoms with E-state index in [1.165, 1.54) is 0 Å². The van der Waals surface area contributed by atoms with Gasteiger partial charge in [0.25, 0.3) is 0 Å². The number of fused-ring (bicyclic) bond motifs is 6. The number of nitrogens with zero attached hydrogens (tertiary/aromatic N) is 1. The Morgan fingerprint density at radius 3 is 2.24 bits per heavy atom. The van der Waals surface area contributed by atoms with Gasteiger partial charge in [0.05, 0.1) is 16.7 Å². The maximum Gasteiger partial charge on any atom is 0.488 e. The lowest BCUT2D eigenvalue weighted by Gasteiger charge is -2.09. The minimum Gasteiger partial charge on any atom is -0.454 e. The lowest BCUT2D eigenvalue weighted by atomic mass is 9.80. The van der Waals surface area contributed by atoms with Crippen molar-refractivity contribution in [3.05, 3.63) is 84.9 Å². The van der Waals surface area contributed by atoms with E-state index in [9.17, 15) is 10.0 Å². The van der Waals surface area contributed by atoms with Crippen LogP contribution >= 0.6 is 0 Å². The van der Waals surface area contributed by atoms with Crippen LogP contribution in [-0.4, -0.2) is 21.7 Å². The molecular weight excluding hydrogens is 361 g/mol. The third kappa shape index (κ3) is 2.29. The van der Waals surface area contributed by atoms with E-state index in [2.05, 4.69) is 34.9 Å². The molecule has 0 aliphatic rings. The Morgan fingerprint density at radius 2 is 1.38 bits per heavy atom. The zero-order valence-electron chi connectivity index (χ0n) is 15.4. The van der Waals surface area contributed by atoms with Crippen LogP contribution in [0.1, 0.15) is 0 Å². The van der Waals surface area contributed by atoms with Gasteiger partial charge < -0.3 is 19.0 Å². The Morgan fingerprint density at radius 1 is 0.655 bits per heavy atom. The van der Waals surface area contributed by atoms with Gasteiger partial charge in [-0.15, -0.1) is 0 Å². The number of para-hydroxylation sites is 3. The Bertz CT molecular complexity index is 1540. The number of aromatic nitrogens is 1. The fourth-order valence-corrected chi connectivity index (χ4v) is 4.32. The van der Waals surface area contributed by atoms with Gasteiger partial charge in [-0.3, -0.25) is 0 Å². The van der Waals surface area contributed by atoms with Gasteiger partial charge in [-0.2, -0.15) is 0 Å². The van der Waals surface area contributed by atoms with Crippen molar-refractivity contribution in [2.45, 2.75) is 0 Å². The summed E-state index contributed by atoms with van der Waals surface area (Å²) in [5.74, 6) is 0. The van der Waals surface area contributed by atoms with Crippen LogP contribution in [0.25, 0.3) is 49.4 Å². The molecule has 0 atom stereocenters. The molecule has 6 rings (SSSR count). The number of benzene rings is 4. The molecule has 5 heteroatoms. The minimum atomic E-state index is -1.50. The van der Waals surface area contributed by atoms with Crippen molar-refractivity contribution < 1.29 is 14.5 Å². The van der Waals surface area contributed by atoms with Gasteiger partial charge in [0.15, 0.2) is 5.58 Å². The molecular formula is C24H16BNO3. The molecule has 2 heterocycles. The predicted octanol–water partition coefficient (Wildman–Crippen LogP) is 4.36. The Hall–Kier alpha value is -3.54. The lowest BCUT2D eigenvalue weighted by Crippen LogP contribution is -2.29. The first-order chi connectivity index (χ1) is 14.2. The molecule has 0 aliphatic carbocycles. The van der Waals surface area contributed by atoms with E-state index in [1.54, 1.807) is 6.07 Å². The summed E-state index contributed by atoms with van der Waals surface area (Å²) in [4.78, 5) is 0. The van der Waals surface area contributed by atoms with Crippen LogP contribution in [0.5, 0.6) is 0 Å². The summed E-state index contributed by atoms with van der Waals surface area (Å²) < 4.78 is 8.45. The monoisotopic (exact) mass is 377 g/mol. The van der Waals surface area contributed by atoms with Crippen LogP contribution in [0.2, 0.25) is 0 Å². The SMILES string of the molecule is OB(O)c1ccc2c(c1)c1ccccc1n2-c1cccc2c1oc1ccccc12. The highest BCUT2D eigenvalue weighted by Crippen LogP contribution is 2.37. The second-order valence-corrected chi connectivity index (χ2v) is 7.25. The first-order valence-corrected chi connectivity index (χ1v) is 9.52. The molecule has 0 bridgehead atoms. The zero-order valence-corrected chi connectivity index (χ0v) is 15.4. The van der Waals surface area contributed by atoms with Crippen molar-refractivity contribution in [2.24, 2.45) is 0 Å². The maximum atomic E-state index is 9.63. The molecule has 0 saturated heterocycles. The molecule has 0 radical (unpaired) electrons. The number of hydrogen-bond acceptors (Lipinski definition) is 3. The molecule has 0 fully saturated rings. The molecule has 6 aromatic rings. The smallest absolute Gasteiger partial charge is 0.454 e. The van der Waals surface area contributed by atoms with Crippen molar-refractivity contribution in [3.63, 3.8) is 0 Å². The Kier molecular flexibility index (Phi) is 3.39. The maximum absolute atomic E-state index is 9.63. The second-order valence-electron chi connectivity index (χ2n) is 7.25. The summed E-state index contributed by atoms with van der Waals surface area (Å²) in [6, 6.07) is 27.9. The van der Waals surface area contributed by atoms with Crippen molar-refractivity contribution in [1.29, 1.82) is 0 Å². The fourth-order valence-electron chi connectivity index (χ4n) is 4.32. The molecule has 2 aromatic heterocycles. The van der Waals surface area contributed by atoms with Crippen LogP contribution in [0, 0.1) is 0 Å². The first-order valence-electron chi connectivity index (χ1n) is 9.52. The minimum absolute atomic E-state index is 0.474. The summed E-state index contributed by atoms with van der Waals surface area (Å²) in [6.07, 6.45) is 0. The van der Waals surface area contributed by atoms with Gasteiger partial charge in [-0.05, 0) is 29.7 Å². The standard InChI is InChI=1S/C24H16BNO3/c27-25(28)15-12-13-21-19(14-15)16-6-1-3-9-20(16)26(21)22-10-5-8-18-17-7-2-4-11-23(17)29-24(18)22/h1-14,27-28H. The molecule has 4 aromatic carbocycles. The quantitative estimate of drug-likeness (QED) is 0.441. The van der Waals surface area contributed by atoms with Crippen molar-refractivity contribution in [3.8, 4) is 5.69 Å². The molecule has 0 unspecified atom stereocenters. The molecule has 0 spiro atoms. The van der Waals surface area contributed by atoms with Crippen LogP contribution in [0.4, 0.5) is 0 Å². The highest BCUT2D eigenvalue weighted by molar-refractivity contribution is 6.59. The normalized spacial score (nSPS) is 11.8. The average molecular weight is 377 g/mol. The third-order valence-corrected chi connectivity index (χ3v) is 5.62. The van der Waals surface area contributed by atoms with E-state index in [0.29, 0.717) is 5.46 Å². The van der Waals surface area contributed by atoms with Crippen LogP contribution in [0.15, 0.2) is 89.3 Å². The fraction of sp³-hybridized carbons (Fsp3) is 0. The van der Waals surface area contributed by atoms with Gasteiger partial charge in [-0.25, -0.2) is 0 Å². The van der Waals surface area contributed by atoms with Crippen molar-refractivity contribution in [1.82, 2.24) is 4.57 Å². The van der Waals surface area contributed by atoms with Crippen molar-refractivity contribution in [2.75, 3.05) is 0 Å². The van der Waals surface area contributed by atoms with E-state index in [1.807, 2.05) is 48.5 Å². The topological polar surface area (TPSA) is 58.5 Å². The number of rotatable bonds is 2. The van der Waals surface area contributed by atoms with E-state index < -0.39 is 7.12 Å². The largest absolute Gasteiger partial charge is 0.488 e. The van der Waals surface area contributed by atoms with Gasteiger partial charge in [0.2, 0.25) is 0 Å². The summed E-state index contributed by atoms with van der Waals surface area (Å²) in [7, 11) is -1.50. The van der Waals surface area contributed by atoms with E-state index in [0.717, 1.165) is 49.4 Å². The molecule has 0 saturated carbocycles. The number of hydrogen-bond donors (Lipinski definition) is 2. The average Bonchev–Trinajstić information content (AvgIpc) is 3.29. The van der Waals surface area contributed by atoms with Crippen LogP contribution in [0.3, 0.4) is 0 Å². The molecule has 0 amide bonds. The zero-order chi connectivity index (χ0) is 19.5. The summed E-state index contributed by atoms with van der Waals surface area (Å²) in [5.41, 5.74) is 5.16. The summed E-state index contributed by atoms with van der Waals surface area (Å²) in [5, 5.41) is 23.5. The van der Waals surface area contributed by atoms with E-state index in [4.69, 9.17) is 4.42 Å². The first kappa shape index (κ1) is 16.4. The van der Waals surface area contributed by atoms with Gasteiger partial charge in [-0.1, -0.05) is 60.7 Å². The van der Waals surface area contributed by atoms with Gasteiger partial charge >= 0.3 is 7.12 Å². The van der Waals surface area contributed by atoms with Crippen LogP contribution in [-0.2, 0) is 0 Å². The number of furan rings is 1. The van der Waals surface area contributed by atoms with Gasteiger partial charge in [0.1, 0.15) is 5.58 Å². The molecule has 138 valence electrons.